The Labute approximate surface area is 142 Å². The molecule has 3 heteroatoms. The van der Waals surface area contributed by atoms with Crippen LogP contribution in [0.15, 0.2) is 48.7 Å². The standard InChI is InChI=1S/C16H18N2O.2C2H6.H2/c1-12(2)10-18-16(19)14-8-9-15(17-11-14)13-6-4-3-5-7-13;2*1-2;/h3-9,11-12H,10H2,1-2H3,(H,18,19);2*1-2H3;1H. The fraction of sp³-hybridized carbons (Fsp3) is 0.400. The van der Waals surface area contributed by atoms with Crippen LogP contribution in [0.4, 0.5) is 0 Å². The third-order valence-corrected chi connectivity index (χ3v) is 2.77. The van der Waals surface area contributed by atoms with Crippen molar-refractivity contribution in [2.45, 2.75) is 41.5 Å². The number of hydrogen-bond donors (Lipinski definition) is 1. The molecule has 0 aliphatic rings. The zero-order chi connectivity index (χ0) is 17.7. The summed E-state index contributed by atoms with van der Waals surface area (Å²) in [5.41, 5.74) is 2.53. The van der Waals surface area contributed by atoms with Gasteiger partial charge in [-0.15, -0.1) is 0 Å². The van der Waals surface area contributed by atoms with Crippen LogP contribution in [0.5, 0.6) is 0 Å². The van der Waals surface area contributed by atoms with Gasteiger partial charge < -0.3 is 5.32 Å². The number of amides is 1. The Morgan fingerprint density at radius 1 is 1.04 bits per heavy atom. The van der Waals surface area contributed by atoms with Crippen LogP contribution in [0, 0.1) is 5.92 Å². The Balaban J connectivity index is 0. The van der Waals surface area contributed by atoms with Crippen molar-refractivity contribution in [3.05, 3.63) is 54.2 Å². The number of benzene rings is 1. The zero-order valence-corrected chi connectivity index (χ0v) is 15.3. The molecule has 0 saturated heterocycles. The number of hydrogen-bond acceptors (Lipinski definition) is 2. The lowest BCUT2D eigenvalue weighted by Gasteiger charge is -2.07. The molecule has 1 N–H and O–H groups in total. The average Bonchev–Trinajstić information content (AvgIpc) is 2.64. The molecule has 0 unspecified atom stereocenters. The van der Waals surface area contributed by atoms with E-state index in [1.54, 1.807) is 6.20 Å². The highest BCUT2D eigenvalue weighted by Gasteiger charge is 2.07. The summed E-state index contributed by atoms with van der Waals surface area (Å²) in [6.07, 6.45) is 1.62. The fourth-order valence-electron chi connectivity index (χ4n) is 1.71. The first-order valence-electron chi connectivity index (χ1n) is 8.46. The summed E-state index contributed by atoms with van der Waals surface area (Å²) in [7, 11) is 0. The van der Waals surface area contributed by atoms with Crippen molar-refractivity contribution >= 4 is 5.91 Å². The molecule has 1 amide bonds. The van der Waals surface area contributed by atoms with E-state index in [4.69, 9.17) is 0 Å². The van der Waals surface area contributed by atoms with Gasteiger partial charge >= 0.3 is 0 Å². The van der Waals surface area contributed by atoms with Crippen molar-refractivity contribution in [1.29, 1.82) is 0 Å². The van der Waals surface area contributed by atoms with E-state index in [0.717, 1.165) is 11.3 Å². The quantitative estimate of drug-likeness (QED) is 0.817. The third-order valence-electron chi connectivity index (χ3n) is 2.77. The van der Waals surface area contributed by atoms with Crippen molar-refractivity contribution < 1.29 is 6.22 Å². The van der Waals surface area contributed by atoms with Crippen LogP contribution in [0.3, 0.4) is 0 Å². The molecule has 0 aliphatic carbocycles. The minimum atomic E-state index is -0.0687. The Morgan fingerprint density at radius 3 is 2.13 bits per heavy atom. The lowest BCUT2D eigenvalue weighted by atomic mass is 10.1. The number of aromatic nitrogens is 1. The Hall–Kier alpha value is -2.16. The van der Waals surface area contributed by atoms with Crippen LogP contribution in [-0.4, -0.2) is 17.4 Å². The highest BCUT2D eigenvalue weighted by molar-refractivity contribution is 5.94. The second kappa shape index (κ2) is 12.4. The first-order chi connectivity index (χ1) is 11.2. The number of carbonyl (C=O) groups is 1. The topological polar surface area (TPSA) is 42.0 Å². The lowest BCUT2D eigenvalue weighted by Crippen LogP contribution is -2.27. The van der Waals surface area contributed by atoms with E-state index in [0.29, 0.717) is 18.0 Å². The van der Waals surface area contributed by atoms with Gasteiger partial charge in [0.2, 0.25) is 0 Å². The maximum atomic E-state index is 11.8. The van der Waals surface area contributed by atoms with E-state index in [2.05, 4.69) is 24.1 Å². The summed E-state index contributed by atoms with van der Waals surface area (Å²) < 4.78 is 0. The highest BCUT2D eigenvalue weighted by Crippen LogP contribution is 2.16. The van der Waals surface area contributed by atoms with Crippen LogP contribution in [0.1, 0.15) is 53.3 Å². The molecular formula is C20H32N2O. The monoisotopic (exact) mass is 316 g/mol. The molecule has 0 saturated carbocycles. The van der Waals surface area contributed by atoms with E-state index >= 15 is 0 Å². The molecule has 0 aliphatic heterocycles. The van der Waals surface area contributed by atoms with Gasteiger partial charge in [-0.1, -0.05) is 71.9 Å². The molecule has 1 heterocycles. The van der Waals surface area contributed by atoms with Gasteiger partial charge in [-0.2, -0.15) is 0 Å². The summed E-state index contributed by atoms with van der Waals surface area (Å²) in [4.78, 5) is 16.2. The minimum absolute atomic E-state index is 0. The van der Waals surface area contributed by atoms with Crippen molar-refractivity contribution in [1.82, 2.24) is 10.3 Å². The molecule has 1 aromatic heterocycles. The van der Waals surface area contributed by atoms with Gasteiger partial charge in [-0.25, -0.2) is 0 Å². The maximum absolute atomic E-state index is 11.8. The van der Waals surface area contributed by atoms with E-state index < -0.39 is 0 Å². The summed E-state index contributed by atoms with van der Waals surface area (Å²) in [5, 5.41) is 2.88. The Kier molecular flexibility index (Phi) is 11.2. The Morgan fingerprint density at radius 2 is 1.65 bits per heavy atom. The SMILES string of the molecule is CC.CC.CC(C)CNC(=O)c1ccc(-c2ccccc2)nc1.[HH]. The molecule has 0 fully saturated rings. The largest absolute Gasteiger partial charge is 0.352 e. The summed E-state index contributed by atoms with van der Waals surface area (Å²) in [6.45, 7) is 12.8. The summed E-state index contributed by atoms with van der Waals surface area (Å²) >= 11 is 0. The molecule has 0 bridgehead atoms. The van der Waals surface area contributed by atoms with Gasteiger partial charge in [0.15, 0.2) is 0 Å². The van der Waals surface area contributed by atoms with E-state index in [1.165, 1.54) is 0 Å². The molecule has 0 radical (unpaired) electrons. The van der Waals surface area contributed by atoms with E-state index in [9.17, 15) is 4.79 Å². The molecule has 2 rings (SSSR count). The summed E-state index contributed by atoms with van der Waals surface area (Å²) in [5.74, 6) is 0.376. The average molecular weight is 316 g/mol. The van der Waals surface area contributed by atoms with Crippen LogP contribution in [-0.2, 0) is 0 Å². The molecule has 0 spiro atoms. The van der Waals surface area contributed by atoms with Crippen LogP contribution < -0.4 is 5.32 Å². The molecule has 2 aromatic rings. The first kappa shape index (κ1) is 20.8. The minimum Gasteiger partial charge on any atom is -0.352 e. The predicted molar refractivity (Wildman–Crippen MR) is 102 cm³/mol. The van der Waals surface area contributed by atoms with E-state index in [-0.39, 0.29) is 7.33 Å². The predicted octanol–water partition coefficient (Wildman–Crippen LogP) is 5.43. The number of nitrogens with one attached hydrogen (secondary N) is 1. The zero-order valence-electron chi connectivity index (χ0n) is 15.3. The third kappa shape index (κ3) is 7.59. The van der Waals surface area contributed by atoms with Gasteiger partial charge in [-0.3, -0.25) is 9.78 Å². The van der Waals surface area contributed by atoms with Crippen molar-refractivity contribution in [3.8, 4) is 11.3 Å². The van der Waals surface area contributed by atoms with Gasteiger partial charge in [0.1, 0.15) is 0 Å². The first-order valence-corrected chi connectivity index (χ1v) is 8.46. The molecular weight excluding hydrogens is 284 g/mol. The molecule has 0 atom stereocenters. The second-order valence-corrected chi connectivity index (χ2v) is 4.90. The van der Waals surface area contributed by atoms with Crippen LogP contribution >= 0.6 is 0 Å². The van der Waals surface area contributed by atoms with Gasteiger partial charge in [0, 0.05) is 19.7 Å². The van der Waals surface area contributed by atoms with Crippen LogP contribution in [0.2, 0.25) is 0 Å². The van der Waals surface area contributed by atoms with Crippen LogP contribution in [0.25, 0.3) is 11.3 Å². The van der Waals surface area contributed by atoms with Gasteiger partial charge in [0.25, 0.3) is 5.91 Å². The van der Waals surface area contributed by atoms with E-state index in [1.807, 2.05) is 70.2 Å². The number of carbonyl (C=O) groups excluding carboxylic acids is 1. The van der Waals surface area contributed by atoms with Gasteiger partial charge in [0.05, 0.1) is 11.3 Å². The molecule has 1 aromatic carbocycles. The Bertz CT molecular complexity index is 539. The highest BCUT2D eigenvalue weighted by atomic mass is 16.1. The number of nitrogens with zero attached hydrogens (tertiary/aromatic N) is 1. The molecule has 23 heavy (non-hydrogen) atoms. The maximum Gasteiger partial charge on any atom is 0.252 e. The number of rotatable bonds is 4. The van der Waals surface area contributed by atoms with Crippen molar-refractivity contribution in [3.63, 3.8) is 0 Å². The lowest BCUT2D eigenvalue weighted by molar-refractivity contribution is 0.0948. The summed E-state index contributed by atoms with van der Waals surface area (Å²) in [6, 6.07) is 13.6. The van der Waals surface area contributed by atoms with Crippen molar-refractivity contribution in [2.24, 2.45) is 5.92 Å². The van der Waals surface area contributed by atoms with Crippen molar-refractivity contribution in [2.75, 3.05) is 6.54 Å². The normalized spacial score (nSPS) is 9.17. The van der Waals surface area contributed by atoms with Gasteiger partial charge in [-0.05, 0) is 18.1 Å². The molecule has 3 nitrogen and oxygen atoms in total. The fourth-order valence-corrected chi connectivity index (χ4v) is 1.71. The number of pyridine rings is 1. The molecule has 128 valence electrons. The second-order valence-electron chi connectivity index (χ2n) is 4.90. The smallest absolute Gasteiger partial charge is 0.252 e.